The van der Waals surface area contributed by atoms with Gasteiger partial charge in [-0.15, -0.1) is 10.2 Å². The van der Waals surface area contributed by atoms with Gasteiger partial charge in [-0.25, -0.2) is 4.98 Å². The maximum atomic E-state index is 9.83. The lowest BCUT2D eigenvalue weighted by atomic mass is 10.1. The molecule has 2 aromatic heterocycles. The third-order valence-electron chi connectivity index (χ3n) is 2.75. The summed E-state index contributed by atoms with van der Waals surface area (Å²) >= 11 is 0. The van der Waals surface area contributed by atoms with Gasteiger partial charge in [0.25, 0.3) is 0 Å². The molecule has 0 saturated carbocycles. The van der Waals surface area contributed by atoms with Crippen LogP contribution in [-0.2, 0) is 0 Å². The van der Waals surface area contributed by atoms with Crippen molar-refractivity contribution in [2.24, 2.45) is 5.92 Å². The van der Waals surface area contributed by atoms with Crippen molar-refractivity contribution >= 4 is 11.5 Å². The highest BCUT2D eigenvalue weighted by Gasteiger charge is 2.10. The third-order valence-corrected chi connectivity index (χ3v) is 2.75. The molecule has 0 spiro atoms. The minimum Gasteiger partial charge on any atom is -0.391 e. The molecule has 2 aromatic rings. The third kappa shape index (κ3) is 2.76. The van der Waals surface area contributed by atoms with Crippen LogP contribution in [0.1, 0.15) is 26.1 Å². The molecule has 6 nitrogen and oxygen atoms in total. The van der Waals surface area contributed by atoms with Crippen molar-refractivity contribution in [1.82, 2.24) is 19.6 Å². The predicted octanol–water partition coefficient (Wildman–Crippen LogP) is 1.25. The zero-order valence-electron chi connectivity index (χ0n) is 11.0. The van der Waals surface area contributed by atoms with Crippen LogP contribution in [0.4, 0.5) is 5.82 Å². The van der Waals surface area contributed by atoms with Gasteiger partial charge in [0.1, 0.15) is 5.82 Å². The predicted molar refractivity (Wildman–Crippen MR) is 69.5 cm³/mol. The average molecular weight is 249 g/mol. The summed E-state index contributed by atoms with van der Waals surface area (Å²) in [5.41, 5.74) is 0.687. The molecule has 6 heteroatoms. The molecule has 0 fully saturated rings. The standard InChI is InChI=1S/C12H19N5O/c1-8(2)6-10(18)7-14-11-12-16-15-9(3)17(12)5-4-13-11/h4-5,8,10,18H,6-7H2,1-3H3,(H,13,14). The van der Waals surface area contributed by atoms with Crippen LogP contribution in [0, 0.1) is 12.8 Å². The van der Waals surface area contributed by atoms with Crippen LogP contribution in [0.5, 0.6) is 0 Å². The molecule has 0 aliphatic carbocycles. The lowest BCUT2D eigenvalue weighted by Crippen LogP contribution is -2.22. The molecule has 0 aromatic carbocycles. The number of rotatable bonds is 5. The van der Waals surface area contributed by atoms with Gasteiger partial charge in [-0.2, -0.15) is 0 Å². The number of nitrogens with zero attached hydrogens (tertiary/aromatic N) is 4. The summed E-state index contributed by atoms with van der Waals surface area (Å²) in [5.74, 6) is 1.94. The van der Waals surface area contributed by atoms with Crippen LogP contribution in [0.2, 0.25) is 0 Å². The first-order valence-electron chi connectivity index (χ1n) is 6.16. The normalized spacial score (nSPS) is 13.2. The number of anilines is 1. The van der Waals surface area contributed by atoms with Crippen LogP contribution in [0.25, 0.3) is 5.65 Å². The van der Waals surface area contributed by atoms with E-state index in [0.29, 0.717) is 23.9 Å². The second-order valence-corrected chi connectivity index (χ2v) is 4.88. The minimum atomic E-state index is -0.379. The quantitative estimate of drug-likeness (QED) is 0.834. The van der Waals surface area contributed by atoms with Crippen molar-refractivity contribution in [1.29, 1.82) is 0 Å². The molecule has 0 bridgehead atoms. The first-order valence-corrected chi connectivity index (χ1v) is 6.16. The minimum absolute atomic E-state index is 0.379. The van der Waals surface area contributed by atoms with Crippen LogP contribution in [0.15, 0.2) is 12.4 Å². The molecule has 0 aliphatic heterocycles. The molecule has 0 saturated heterocycles. The Morgan fingerprint density at radius 1 is 1.39 bits per heavy atom. The van der Waals surface area contributed by atoms with Crippen molar-refractivity contribution in [2.45, 2.75) is 33.3 Å². The Morgan fingerprint density at radius 2 is 2.17 bits per heavy atom. The van der Waals surface area contributed by atoms with E-state index in [4.69, 9.17) is 0 Å². The van der Waals surface area contributed by atoms with Crippen molar-refractivity contribution in [2.75, 3.05) is 11.9 Å². The van der Waals surface area contributed by atoms with E-state index < -0.39 is 0 Å². The number of aryl methyl sites for hydroxylation is 1. The number of hydrogen-bond donors (Lipinski definition) is 2. The Kier molecular flexibility index (Phi) is 3.76. The van der Waals surface area contributed by atoms with Gasteiger partial charge < -0.3 is 10.4 Å². The Hall–Kier alpha value is -1.69. The van der Waals surface area contributed by atoms with Gasteiger partial charge in [0.05, 0.1) is 6.10 Å². The van der Waals surface area contributed by atoms with E-state index in [1.165, 1.54) is 0 Å². The second kappa shape index (κ2) is 5.30. The molecule has 98 valence electrons. The van der Waals surface area contributed by atoms with Crippen LogP contribution in [0.3, 0.4) is 0 Å². The van der Waals surface area contributed by atoms with Gasteiger partial charge in [-0.1, -0.05) is 13.8 Å². The molecule has 2 rings (SSSR count). The smallest absolute Gasteiger partial charge is 0.203 e. The second-order valence-electron chi connectivity index (χ2n) is 4.88. The van der Waals surface area contributed by atoms with Crippen molar-refractivity contribution in [3.8, 4) is 0 Å². The number of hydrogen-bond acceptors (Lipinski definition) is 5. The zero-order chi connectivity index (χ0) is 13.1. The zero-order valence-corrected chi connectivity index (χ0v) is 11.0. The van der Waals surface area contributed by atoms with E-state index in [-0.39, 0.29) is 6.10 Å². The first kappa shape index (κ1) is 12.8. The topological polar surface area (TPSA) is 75.3 Å². The highest BCUT2D eigenvalue weighted by Crippen LogP contribution is 2.12. The van der Waals surface area contributed by atoms with Crippen molar-refractivity contribution in [3.63, 3.8) is 0 Å². The molecule has 1 atom stereocenters. The van der Waals surface area contributed by atoms with Gasteiger partial charge in [0, 0.05) is 18.9 Å². The van der Waals surface area contributed by atoms with Gasteiger partial charge in [0.2, 0.25) is 5.65 Å². The molecule has 18 heavy (non-hydrogen) atoms. The fourth-order valence-electron chi connectivity index (χ4n) is 1.91. The molecule has 0 amide bonds. The van der Waals surface area contributed by atoms with Crippen molar-refractivity contribution < 1.29 is 5.11 Å². The summed E-state index contributed by atoms with van der Waals surface area (Å²) in [6.45, 7) is 6.53. The Bertz CT molecular complexity index is 522. The Morgan fingerprint density at radius 3 is 2.89 bits per heavy atom. The van der Waals surface area contributed by atoms with Gasteiger partial charge in [-0.3, -0.25) is 4.40 Å². The van der Waals surface area contributed by atoms with E-state index in [0.717, 1.165) is 12.2 Å². The molecule has 1 unspecified atom stereocenters. The average Bonchev–Trinajstić information content (AvgIpc) is 2.68. The first-order chi connectivity index (χ1) is 8.58. The summed E-state index contributed by atoms with van der Waals surface area (Å²) in [7, 11) is 0. The lowest BCUT2D eigenvalue weighted by Gasteiger charge is -2.14. The number of fused-ring (bicyclic) bond motifs is 1. The number of aliphatic hydroxyl groups excluding tert-OH is 1. The van der Waals surface area contributed by atoms with Crippen molar-refractivity contribution in [3.05, 3.63) is 18.2 Å². The molecular formula is C12H19N5O. The van der Waals surface area contributed by atoms with Gasteiger partial charge in [0.15, 0.2) is 5.82 Å². The molecule has 0 aliphatic rings. The maximum Gasteiger partial charge on any atom is 0.203 e. The van der Waals surface area contributed by atoms with Gasteiger partial charge in [-0.05, 0) is 19.3 Å². The lowest BCUT2D eigenvalue weighted by molar-refractivity contribution is 0.161. The molecule has 0 radical (unpaired) electrons. The van der Waals surface area contributed by atoms with E-state index in [9.17, 15) is 5.11 Å². The number of aliphatic hydroxyl groups is 1. The SMILES string of the molecule is Cc1nnc2c(NCC(O)CC(C)C)nccn12. The monoisotopic (exact) mass is 249 g/mol. The molecule has 2 N–H and O–H groups in total. The van der Waals surface area contributed by atoms with Crippen LogP contribution < -0.4 is 5.32 Å². The van der Waals surface area contributed by atoms with E-state index >= 15 is 0 Å². The Labute approximate surface area is 106 Å². The summed E-state index contributed by atoms with van der Waals surface area (Å²) in [6.07, 6.45) is 3.90. The van der Waals surface area contributed by atoms with E-state index in [1.54, 1.807) is 6.20 Å². The van der Waals surface area contributed by atoms with E-state index in [2.05, 4.69) is 34.3 Å². The van der Waals surface area contributed by atoms with Crippen LogP contribution >= 0.6 is 0 Å². The highest BCUT2D eigenvalue weighted by atomic mass is 16.3. The number of aromatic nitrogens is 4. The highest BCUT2D eigenvalue weighted by molar-refractivity contribution is 5.61. The fourth-order valence-corrected chi connectivity index (χ4v) is 1.91. The molecule has 2 heterocycles. The van der Waals surface area contributed by atoms with Crippen LogP contribution in [-0.4, -0.2) is 37.3 Å². The largest absolute Gasteiger partial charge is 0.391 e. The van der Waals surface area contributed by atoms with Gasteiger partial charge >= 0.3 is 0 Å². The Balaban J connectivity index is 2.08. The summed E-state index contributed by atoms with van der Waals surface area (Å²) in [5, 5.41) is 21.0. The summed E-state index contributed by atoms with van der Waals surface area (Å²) in [6, 6.07) is 0. The maximum absolute atomic E-state index is 9.83. The summed E-state index contributed by atoms with van der Waals surface area (Å²) in [4.78, 5) is 4.23. The number of nitrogens with one attached hydrogen (secondary N) is 1. The fraction of sp³-hybridized carbons (Fsp3) is 0.583. The summed E-state index contributed by atoms with van der Waals surface area (Å²) < 4.78 is 1.87. The van der Waals surface area contributed by atoms with E-state index in [1.807, 2.05) is 17.5 Å². The molecular weight excluding hydrogens is 230 g/mol.